The van der Waals surface area contributed by atoms with Gasteiger partial charge < -0.3 is 9.47 Å². The Morgan fingerprint density at radius 1 is 1.35 bits per heavy atom. The largest absolute Gasteiger partial charge is 0.448 e. The molecule has 1 aliphatic heterocycles. The molecule has 0 spiro atoms. The summed E-state index contributed by atoms with van der Waals surface area (Å²) in [7, 11) is 0. The fourth-order valence-corrected chi connectivity index (χ4v) is 3.30. The molecule has 104 valence electrons. The molecule has 2 aromatic heterocycles. The lowest BCUT2D eigenvalue weighted by Crippen LogP contribution is -2.30. The molecule has 7 heteroatoms. The maximum atomic E-state index is 6.01. The zero-order valence-electron chi connectivity index (χ0n) is 10.8. The van der Waals surface area contributed by atoms with Gasteiger partial charge in [-0.25, -0.2) is 4.98 Å². The molecule has 3 heterocycles. The summed E-state index contributed by atoms with van der Waals surface area (Å²) >= 11 is 13.0. The van der Waals surface area contributed by atoms with E-state index in [9.17, 15) is 0 Å². The Morgan fingerprint density at radius 3 is 2.85 bits per heavy atom. The molecule has 0 aliphatic carbocycles. The van der Waals surface area contributed by atoms with E-state index in [0.717, 1.165) is 15.5 Å². The van der Waals surface area contributed by atoms with Gasteiger partial charge in [0, 0.05) is 42.9 Å². The number of thiophene rings is 1. The molecule has 0 radical (unpaired) electrons. The Hall–Kier alpha value is -1.24. The van der Waals surface area contributed by atoms with Crippen molar-refractivity contribution in [2.24, 2.45) is 0 Å². The van der Waals surface area contributed by atoms with Crippen molar-refractivity contribution in [3.63, 3.8) is 0 Å². The van der Waals surface area contributed by atoms with E-state index in [1.165, 1.54) is 11.3 Å². The summed E-state index contributed by atoms with van der Waals surface area (Å²) in [6.45, 7) is 3.73. The third kappa shape index (κ3) is 2.51. The molecule has 0 saturated carbocycles. The number of nitrogens with zero attached hydrogens (tertiary/aromatic N) is 2. The first-order valence-electron chi connectivity index (χ1n) is 5.94. The summed E-state index contributed by atoms with van der Waals surface area (Å²) < 4.78 is 11.5. The highest BCUT2D eigenvalue weighted by molar-refractivity contribution is 7.81. The van der Waals surface area contributed by atoms with E-state index in [-0.39, 0.29) is 0 Å². The van der Waals surface area contributed by atoms with Crippen molar-refractivity contribution in [1.82, 2.24) is 9.97 Å². The minimum absolute atomic E-state index is 0.376. The first-order valence-corrected chi connectivity index (χ1v) is 7.61. The summed E-state index contributed by atoms with van der Waals surface area (Å²) in [5.74, 6) is 0.806. The van der Waals surface area contributed by atoms with E-state index in [1.54, 1.807) is 12.4 Å². The predicted molar refractivity (Wildman–Crippen MR) is 82.1 cm³/mol. The van der Waals surface area contributed by atoms with E-state index in [0.29, 0.717) is 23.0 Å². The molecular weight excluding hydrogens is 316 g/mol. The van der Waals surface area contributed by atoms with Gasteiger partial charge in [-0.05, 0) is 0 Å². The average Bonchev–Trinajstić information content (AvgIpc) is 2.86. The molecule has 0 saturated heterocycles. The highest BCUT2D eigenvalue weighted by Gasteiger charge is 2.35. The fourth-order valence-electron chi connectivity index (χ4n) is 1.92. The Kier molecular flexibility index (Phi) is 3.40. The van der Waals surface area contributed by atoms with Crippen molar-refractivity contribution in [2.45, 2.75) is 26.1 Å². The molecular formula is C13H11ClN2O2S2. The monoisotopic (exact) mass is 326 g/mol. The highest BCUT2D eigenvalue weighted by atomic mass is 35.5. The van der Waals surface area contributed by atoms with Crippen LogP contribution in [0.5, 0.6) is 11.5 Å². The van der Waals surface area contributed by atoms with Crippen molar-refractivity contribution in [1.29, 1.82) is 0 Å². The third-order valence-electron chi connectivity index (χ3n) is 2.72. The van der Waals surface area contributed by atoms with Crippen LogP contribution in [0.15, 0.2) is 17.8 Å². The van der Waals surface area contributed by atoms with Crippen molar-refractivity contribution in [3.05, 3.63) is 33.5 Å². The molecule has 1 aliphatic rings. The minimum Gasteiger partial charge on any atom is -0.448 e. The summed E-state index contributed by atoms with van der Waals surface area (Å²) in [4.78, 5) is 9.81. The topological polar surface area (TPSA) is 44.2 Å². The van der Waals surface area contributed by atoms with Crippen LogP contribution in [-0.4, -0.2) is 20.6 Å². The van der Waals surface area contributed by atoms with Crippen molar-refractivity contribution in [3.8, 4) is 11.5 Å². The van der Waals surface area contributed by atoms with Crippen LogP contribution in [0.3, 0.4) is 0 Å². The Morgan fingerprint density at radius 2 is 2.10 bits per heavy atom. The second-order valence-electron chi connectivity index (χ2n) is 4.76. The standard InChI is InChI=1S/C13H11ClN2O2S2/c1-13(2)17-8-6-20-11(10(8)18-13)9(19)5-7-12(14)16-4-3-15-7/h3-4,6H,5H2,1-2H3. The fraction of sp³-hybridized carbons (Fsp3) is 0.308. The van der Waals surface area contributed by atoms with Crippen molar-refractivity contribution >= 4 is 40.0 Å². The van der Waals surface area contributed by atoms with Crippen LogP contribution >= 0.6 is 35.2 Å². The van der Waals surface area contributed by atoms with E-state index < -0.39 is 5.79 Å². The SMILES string of the molecule is CC1(C)Oc2csc(C(=S)Cc3nccnc3Cl)c2O1. The van der Waals surface area contributed by atoms with Gasteiger partial charge in [-0.3, -0.25) is 4.98 Å². The van der Waals surface area contributed by atoms with Gasteiger partial charge in [-0.2, -0.15) is 0 Å². The summed E-state index contributed by atoms with van der Waals surface area (Å²) in [5.41, 5.74) is 0.666. The van der Waals surface area contributed by atoms with Crippen LogP contribution in [-0.2, 0) is 6.42 Å². The third-order valence-corrected chi connectivity index (χ3v) is 4.51. The molecule has 2 aromatic rings. The summed E-state index contributed by atoms with van der Waals surface area (Å²) in [6, 6.07) is 0. The normalized spacial score (nSPS) is 15.3. The molecule has 0 atom stereocenters. The van der Waals surface area contributed by atoms with Gasteiger partial charge in [-0.1, -0.05) is 23.8 Å². The van der Waals surface area contributed by atoms with E-state index >= 15 is 0 Å². The number of hydrogen-bond donors (Lipinski definition) is 0. The number of fused-ring (bicyclic) bond motifs is 1. The Balaban J connectivity index is 1.85. The number of thiocarbonyl (C=S) groups is 1. The lowest BCUT2D eigenvalue weighted by atomic mass is 10.2. The number of halogens is 1. The number of rotatable bonds is 3. The smallest absolute Gasteiger partial charge is 0.246 e. The molecule has 0 bridgehead atoms. The van der Waals surface area contributed by atoms with E-state index in [1.807, 2.05) is 19.2 Å². The van der Waals surface area contributed by atoms with Crippen LogP contribution in [0.1, 0.15) is 24.4 Å². The number of hydrogen-bond acceptors (Lipinski definition) is 6. The van der Waals surface area contributed by atoms with Gasteiger partial charge in [0.15, 0.2) is 16.7 Å². The maximum absolute atomic E-state index is 6.01. The lowest BCUT2D eigenvalue weighted by Gasteiger charge is -2.17. The molecule has 0 N–H and O–H groups in total. The highest BCUT2D eigenvalue weighted by Crippen LogP contribution is 2.46. The zero-order chi connectivity index (χ0) is 14.3. The zero-order valence-corrected chi connectivity index (χ0v) is 13.2. The molecule has 0 fully saturated rings. The molecule has 20 heavy (non-hydrogen) atoms. The van der Waals surface area contributed by atoms with Crippen LogP contribution in [0.2, 0.25) is 5.15 Å². The van der Waals surface area contributed by atoms with Crippen LogP contribution in [0.25, 0.3) is 0 Å². The van der Waals surface area contributed by atoms with Gasteiger partial charge in [0.2, 0.25) is 5.79 Å². The quantitative estimate of drug-likeness (QED) is 0.636. The van der Waals surface area contributed by atoms with Crippen LogP contribution < -0.4 is 9.47 Å². The van der Waals surface area contributed by atoms with Gasteiger partial charge in [-0.15, -0.1) is 11.3 Å². The van der Waals surface area contributed by atoms with E-state index in [4.69, 9.17) is 33.3 Å². The first-order chi connectivity index (χ1) is 9.46. The van der Waals surface area contributed by atoms with Gasteiger partial charge in [0.1, 0.15) is 0 Å². The van der Waals surface area contributed by atoms with Crippen LogP contribution in [0, 0.1) is 0 Å². The number of ether oxygens (including phenoxy) is 2. The molecule has 0 aromatic carbocycles. The van der Waals surface area contributed by atoms with Crippen LogP contribution in [0.4, 0.5) is 0 Å². The summed E-state index contributed by atoms with van der Waals surface area (Å²) in [5, 5.41) is 2.28. The molecule has 0 unspecified atom stereocenters. The second-order valence-corrected chi connectivity index (χ2v) is 6.49. The van der Waals surface area contributed by atoms with Gasteiger partial charge >= 0.3 is 0 Å². The van der Waals surface area contributed by atoms with Gasteiger partial charge in [0.25, 0.3) is 0 Å². The van der Waals surface area contributed by atoms with Gasteiger partial charge in [0.05, 0.1) is 10.6 Å². The Bertz CT molecular complexity index is 685. The minimum atomic E-state index is -0.646. The van der Waals surface area contributed by atoms with Crippen molar-refractivity contribution in [2.75, 3.05) is 0 Å². The lowest BCUT2D eigenvalue weighted by molar-refractivity contribution is -0.0432. The first kappa shape index (κ1) is 13.7. The molecule has 0 amide bonds. The maximum Gasteiger partial charge on any atom is 0.246 e. The Labute approximate surface area is 130 Å². The molecule has 4 nitrogen and oxygen atoms in total. The predicted octanol–water partition coefficient (Wildman–Crippen LogP) is 3.66. The second kappa shape index (κ2) is 4.95. The molecule has 3 rings (SSSR count). The van der Waals surface area contributed by atoms with Crippen molar-refractivity contribution < 1.29 is 9.47 Å². The number of aromatic nitrogens is 2. The van der Waals surface area contributed by atoms with E-state index in [2.05, 4.69) is 9.97 Å². The summed E-state index contributed by atoms with van der Waals surface area (Å²) in [6.07, 6.45) is 3.61. The average molecular weight is 327 g/mol.